The number of rotatable bonds is 13. The molecule has 1 heterocycles. The van der Waals surface area contributed by atoms with Crippen molar-refractivity contribution >= 4 is 23.3 Å². The van der Waals surface area contributed by atoms with E-state index in [0.29, 0.717) is 19.4 Å². The third-order valence-corrected chi connectivity index (χ3v) is 9.38. The van der Waals surface area contributed by atoms with Gasteiger partial charge in [0.05, 0.1) is 42.1 Å². The summed E-state index contributed by atoms with van der Waals surface area (Å²) in [5.74, 6) is -4.09. The molecule has 0 bridgehead atoms. The lowest BCUT2D eigenvalue weighted by molar-refractivity contribution is -0.246. The van der Waals surface area contributed by atoms with Gasteiger partial charge in [-0.1, -0.05) is 37.6 Å². The van der Waals surface area contributed by atoms with Gasteiger partial charge in [-0.15, -0.1) is 13.2 Å². The molecule has 2 unspecified atom stereocenters. The Balaban J connectivity index is 0.00000188. The number of hydrogen-bond donors (Lipinski definition) is 4. The molecule has 51 heavy (non-hydrogen) atoms. The van der Waals surface area contributed by atoms with Crippen molar-refractivity contribution in [1.29, 1.82) is 0 Å². The number of phenols is 2. The van der Waals surface area contributed by atoms with E-state index in [2.05, 4.69) is 18.5 Å². The van der Waals surface area contributed by atoms with Crippen LogP contribution in [0.1, 0.15) is 108 Å². The molecular weight excluding hydrogens is 658 g/mol. The molecule has 12 nitrogen and oxygen atoms in total. The fourth-order valence-corrected chi connectivity index (χ4v) is 6.81. The molecule has 1 aliphatic heterocycles. The first-order valence-electron chi connectivity index (χ1n) is 17.4. The summed E-state index contributed by atoms with van der Waals surface area (Å²) in [7, 11) is 1.36. The van der Waals surface area contributed by atoms with Crippen molar-refractivity contribution in [3.63, 3.8) is 0 Å². The van der Waals surface area contributed by atoms with Gasteiger partial charge >= 0.3 is 5.97 Å². The highest BCUT2D eigenvalue weighted by Gasteiger charge is 2.45. The van der Waals surface area contributed by atoms with Gasteiger partial charge in [0.1, 0.15) is 23.9 Å². The van der Waals surface area contributed by atoms with E-state index in [1.165, 1.54) is 19.2 Å². The third kappa shape index (κ3) is 8.41. The van der Waals surface area contributed by atoms with Crippen LogP contribution in [0, 0.1) is 5.92 Å². The predicted octanol–water partition coefficient (Wildman–Crippen LogP) is 5.03. The predicted molar refractivity (Wildman–Crippen MR) is 188 cm³/mol. The van der Waals surface area contributed by atoms with Gasteiger partial charge in [-0.3, -0.25) is 19.2 Å². The van der Waals surface area contributed by atoms with Crippen LogP contribution in [0.25, 0.3) is 0 Å². The maximum atomic E-state index is 13.9. The van der Waals surface area contributed by atoms with Crippen LogP contribution < -0.4 is 10.1 Å². The number of benzene rings is 2. The normalized spacial score (nSPS) is 23.5. The summed E-state index contributed by atoms with van der Waals surface area (Å²) in [5, 5.41) is 37.5. The number of ether oxygens (including phenoxy) is 4. The maximum Gasteiger partial charge on any atom is 0.306 e. The Labute approximate surface area is 298 Å². The Morgan fingerprint density at radius 1 is 1.08 bits per heavy atom. The monoisotopic (exact) mass is 707 g/mol. The summed E-state index contributed by atoms with van der Waals surface area (Å²) in [6, 6.07) is 4.11. The Bertz CT molecular complexity index is 1650. The van der Waals surface area contributed by atoms with Crippen LogP contribution in [0.2, 0.25) is 0 Å². The number of unbranched alkanes of at least 4 members (excludes halogenated alkanes) is 1. The number of aliphatic hydroxyl groups excluding tert-OH is 1. The van der Waals surface area contributed by atoms with Crippen molar-refractivity contribution in [2.24, 2.45) is 5.92 Å². The second kappa shape index (κ2) is 17.7. The molecule has 0 spiro atoms. The number of Topliss-reactive ketones (excluding diaryl/α,β-unsaturated/α-hetero) is 1. The van der Waals surface area contributed by atoms with E-state index in [1.54, 1.807) is 25.1 Å². The smallest absolute Gasteiger partial charge is 0.306 e. The van der Waals surface area contributed by atoms with Crippen molar-refractivity contribution in [1.82, 2.24) is 5.32 Å². The first-order chi connectivity index (χ1) is 24.4. The molecule has 4 N–H and O–H groups in total. The Hall–Kier alpha value is -4.36. The summed E-state index contributed by atoms with van der Waals surface area (Å²) >= 11 is 0. The molecule has 276 valence electrons. The molecule has 3 aliphatic rings. The maximum absolute atomic E-state index is 13.9. The van der Waals surface area contributed by atoms with E-state index in [4.69, 9.17) is 18.9 Å². The van der Waals surface area contributed by atoms with Crippen LogP contribution in [-0.2, 0) is 30.2 Å². The second-order valence-electron chi connectivity index (χ2n) is 12.9. The lowest BCUT2D eigenvalue weighted by atomic mass is 9.73. The summed E-state index contributed by atoms with van der Waals surface area (Å²) in [6.45, 7) is 12.7. The van der Waals surface area contributed by atoms with Crippen molar-refractivity contribution < 1.29 is 53.4 Å². The highest BCUT2D eigenvalue weighted by Crippen LogP contribution is 2.51. The van der Waals surface area contributed by atoms with E-state index >= 15 is 0 Å². The molecule has 1 fully saturated rings. The number of aliphatic hydroxyl groups is 1. The number of carbonyl (C=O) groups is 4. The van der Waals surface area contributed by atoms with E-state index in [0.717, 1.165) is 6.42 Å². The van der Waals surface area contributed by atoms with Gasteiger partial charge in [-0.05, 0) is 52.1 Å². The molecular formula is C39H49NO11. The first-order valence-corrected chi connectivity index (χ1v) is 17.4. The van der Waals surface area contributed by atoms with E-state index in [9.17, 15) is 34.5 Å². The van der Waals surface area contributed by atoms with Crippen LogP contribution in [0.4, 0.5) is 0 Å². The Morgan fingerprint density at radius 3 is 2.45 bits per heavy atom. The van der Waals surface area contributed by atoms with Crippen LogP contribution in [-0.4, -0.2) is 83.4 Å². The van der Waals surface area contributed by atoms with Gasteiger partial charge in [0.2, 0.25) is 5.78 Å². The minimum Gasteiger partial charge on any atom is -0.507 e. The number of nitrogens with one attached hydrogen (secondary N) is 1. The molecule has 6 atom stereocenters. The molecule has 0 radical (unpaired) electrons. The van der Waals surface area contributed by atoms with Crippen molar-refractivity contribution in [3.8, 4) is 17.2 Å². The number of esters is 1. The van der Waals surface area contributed by atoms with Crippen LogP contribution in [0.3, 0.4) is 0 Å². The number of carbonyl (C=O) groups excluding carboxylic acids is 4. The fourth-order valence-electron chi connectivity index (χ4n) is 6.81. The molecule has 0 aromatic heterocycles. The zero-order valence-corrected chi connectivity index (χ0v) is 29.7. The summed E-state index contributed by atoms with van der Waals surface area (Å²) < 4.78 is 23.0. The van der Waals surface area contributed by atoms with Gasteiger partial charge in [0, 0.05) is 41.5 Å². The lowest BCUT2D eigenvalue weighted by Gasteiger charge is -2.41. The highest BCUT2D eigenvalue weighted by molar-refractivity contribution is 6.31. The van der Waals surface area contributed by atoms with Gasteiger partial charge < -0.3 is 39.6 Å². The molecule has 0 amide bonds. The van der Waals surface area contributed by atoms with Gasteiger partial charge in [0.15, 0.2) is 17.9 Å². The third-order valence-electron chi connectivity index (χ3n) is 9.38. The summed E-state index contributed by atoms with van der Waals surface area (Å²) in [4.78, 5) is 53.3. The number of fused-ring (bicyclic) bond motifs is 3. The van der Waals surface area contributed by atoms with E-state index < -0.39 is 78.0 Å². The number of methoxy groups -OCH3 is 1. The van der Waals surface area contributed by atoms with Gasteiger partial charge in [0.25, 0.3) is 0 Å². The average molecular weight is 708 g/mol. The number of ketones is 3. The van der Waals surface area contributed by atoms with Crippen molar-refractivity contribution in [3.05, 3.63) is 76.9 Å². The molecule has 5 rings (SSSR count). The van der Waals surface area contributed by atoms with Gasteiger partial charge in [-0.25, -0.2) is 0 Å². The van der Waals surface area contributed by atoms with E-state index in [1.807, 2.05) is 13.8 Å². The zero-order valence-electron chi connectivity index (χ0n) is 29.7. The number of aromatic hydroxyl groups is 2. The summed E-state index contributed by atoms with van der Waals surface area (Å²) in [6.07, 6.45) is 2.39. The largest absolute Gasteiger partial charge is 0.507 e. The molecule has 2 aromatic carbocycles. The topological polar surface area (TPSA) is 178 Å². The molecule has 2 aromatic rings. The Kier molecular flexibility index (Phi) is 13.7. The minimum atomic E-state index is -1.09. The van der Waals surface area contributed by atoms with Gasteiger partial charge in [-0.2, -0.15) is 0 Å². The van der Waals surface area contributed by atoms with Crippen LogP contribution in [0.15, 0.2) is 43.5 Å². The second-order valence-corrected chi connectivity index (χ2v) is 12.9. The Morgan fingerprint density at radius 2 is 1.78 bits per heavy atom. The first kappa shape index (κ1) is 39.4. The number of allylic oxidation sites excluding steroid dienone is 1. The van der Waals surface area contributed by atoms with E-state index in [-0.39, 0.29) is 64.8 Å². The summed E-state index contributed by atoms with van der Waals surface area (Å²) in [5.41, 5.74) is -0.635. The fraction of sp³-hybridized carbons (Fsp3) is 0.487. The van der Waals surface area contributed by atoms with Crippen LogP contribution in [0.5, 0.6) is 17.2 Å². The molecule has 0 saturated carbocycles. The van der Waals surface area contributed by atoms with Crippen LogP contribution >= 0.6 is 0 Å². The molecule has 12 heteroatoms. The van der Waals surface area contributed by atoms with Crippen molar-refractivity contribution in [2.45, 2.75) is 96.4 Å². The quantitative estimate of drug-likeness (QED) is 0.0808. The SMILES string of the molecule is C=CC.C=CCCN[C@@H]1CC(O[C@H]2CC(C(=O)COC(=O)CCCC)Cc3c(O)c4c(c(O)c32)C(=O)c2c(OC)cccc2C4=O)O[C@@H](C)[C@H]1O. The number of phenolic OH excluding ortho intramolecular Hbond substituents is 2. The molecule has 2 aliphatic carbocycles. The average Bonchev–Trinajstić information content (AvgIpc) is 3.11. The standard InChI is InChI=1S/C36H43NO11.C3H6/c1-5-7-12-26(39)46-17-23(38)19-14-21-29(25(15-19)48-27-16-22(37-13-8-6-2)32(40)18(3)47-27)36(44)31-30(34(21)42)33(41)20-10-9-11-24(45-4)28(20)35(31)43;1-3-2/h6,9-11,18-19,22,25,27,32,37,40,42,44H,2,5,7-8,12-17H2,1,3-4H3;3H,1H2,2H3/t18-,19?,22+,25-,27?,32+;/m0./s1. The zero-order chi connectivity index (χ0) is 37.4. The molecule has 1 saturated heterocycles. The minimum absolute atomic E-state index is 0.00245. The lowest BCUT2D eigenvalue weighted by Crippen LogP contribution is -2.54. The number of hydrogen-bond acceptors (Lipinski definition) is 12. The van der Waals surface area contributed by atoms with Crippen molar-refractivity contribution in [2.75, 3.05) is 20.3 Å². The highest BCUT2D eigenvalue weighted by atomic mass is 16.7.